The quantitative estimate of drug-likeness (QED) is 0.872. The highest BCUT2D eigenvalue weighted by molar-refractivity contribution is 6.35. The maximum Gasteiger partial charge on any atom is 0.142 e. The Hall–Kier alpha value is -0.480. The van der Waals surface area contributed by atoms with Gasteiger partial charge in [-0.15, -0.1) is 0 Å². The van der Waals surface area contributed by atoms with Crippen molar-refractivity contribution in [3.8, 4) is 5.75 Å². The molecule has 0 aromatic heterocycles. The number of aliphatic hydroxyl groups is 1. The number of hydrogen-bond acceptors (Lipinski definition) is 3. The van der Waals surface area contributed by atoms with Gasteiger partial charge in [0.1, 0.15) is 5.75 Å². The van der Waals surface area contributed by atoms with E-state index in [-0.39, 0.29) is 12.6 Å². The minimum atomic E-state index is 0.228. The van der Waals surface area contributed by atoms with Crippen molar-refractivity contribution < 1.29 is 9.84 Å². The lowest BCUT2D eigenvalue weighted by molar-refractivity contribution is 0.225. The van der Waals surface area contributed by atoms with Crippen molar-refractivity contribution in [2.75, 3.05) is 19.8 Å². The summed E-state index contributed by atoms with van der Waals surface area (Å²) in [6, 6.07) is 3.88. The standard InChI is InChI=1S/C15H19Cl2NO2/c16-10-7-11-13(1-6-20-14(11)12(17)8-10)18-9-15(2-3-15)4-5-19/h7-8,13,18-19H,1-6,9H2. The first-order valence-corrected chi connectivity index (χ1v) is 7.85. The molecular weight excluding hydrogens is 297 g/mol. The number of rotatable bonds is 5. The first-order chi connectivity index (χ1) is 9.63. The molecule has 1 unspecified atom stereocenters. The topological polar surface area (TPSA) is 41.5 Å². The average Bonchev–Trinajstić information content (AvgIpc) is 3.17. The van der Waals surface area contributed by atoms with Crippen LogP contribution in [-0.2, 0) is 0 Å². The third-order valence-electron chi connectivity index (χ3n) is 4.39. The number of nitrogens with one attached hydrogen (secondary N) is 1. The molecule has 2 N–H and O–H groups in total. The monoisotopic (exact) mass is 315 g/mol. The van der Waals surface area contributed by atoms with Crippen molar-refractivity contribution in [2.45, 2.75) is 31.7 Å². The fourth-order valence-electron chi connectivity index (χ4n) is 2.91. The Labute approximate surface area is 129 Å². The first-order valence-electron chi connectivity index (χ1n) is 7.10. The SMILES string of the molecule is OCCC1(CNC2CCOc3c(Cl)cc(Cl)cc32)CC1. The third kappa shape index (κ3) is 2.91. The Kier molecular flexibility index (Phi) is 4.14. The molecule has 1 heterocycles. The van der Waals surface area contributed by atoms with Gasteiger partial charge in [-0.25, -0.2) is 0 Å². The molecule has 0 spiro atoms. The van der Waals surface area contributed by atoms with E-state index in [1.54, 1.807) is 6.07 Å². The minimum Gasteiger partial charge on any atom is -0.492 e. The fourth-order valence-corrected chi connectivity index (χ4v) is 3.47. The van der Waals surface area contributed by atoms with E-state index in [1.807, 2.05) is 6.07 Å². The fraction of sp³-hybridized carbons (Fsp3) is 0.600. The second kappa shape index (κ2) is 5.72. The minimum absolute atomic E-state index is 0.228. The van der Waals surface area contributed by atoms with E-state index in [4.69, 9.17) is 33.0 Å². The van der Waals surface area contributed by atoms with Gasteiger partial charge in [-0.3, -0.25) is 0 Å². The molecule has 0 bridgehead atoms. The zero-order chi connectivity index (χ0) is 14.2. The number of halogens is 2. The van der Waals surface area contributed by atoms with Crippen LogP contribution >= 0.6 is 23.2 Å². The maximum absolute atomic E-state index is 9.13. The van der Waals surface area contributed by atoms with Crippen molar-refractivity contribution in [2.24, 2.45) is 5.41 Å². The van der Waals surface area contributed by atoms with Crippen LogP contribution in [0, 0.1) is 5.41 Å². The summed E-state index contributed by atoms with van der Waals surface area (Å²) in [5.41, 5.74) is 1.35. The summed E-state index contributed by atoms with van der Waals surface area (Å²) in [7, 11) is 0. The van der Waals surface area contributed by atoms with Crippen LogP contribution in [0.2, 0.25) is 10.0 Å². The van der Waals surface area contributed by atoms with E-state index in [2.05, 4.69) is 5.32 Å². The van der Waals surface area contributed by atoms with E-state index in [1.165, 1.54) is 12.8 Å². The molecule has 0 amide bonds. The van der Waals surface area contributed by atoms with Gasteiger partial charge in [0.15, 0.2) is 0 Å². The highest BCUT2D eigenvalue weighted by atomic mass is 35.5. The van der Waals surface area contributed by atoms with Gasteiger partial charge in [-0.05, 0) is 36.8 Å². The molecule has 1 fully saturated rings. The van der Waals surface area contributed by atoms with Gasteiger partial charge < -0.3 is 15.2 Å². The number of aliphatic hydroxyl groups excluding tert-OH is 1. The molecule has 1 aromatic carbocycles. The molecule has 110 valence electrons. The second-order valence-electron chi connectivity index (χ2n) is 5.85. The summed E-state index contributed by atoms with van der Waals surface area (Å²) < 4.78 is 5.66. The highest BCUT2D eigenvalue weighted by Gasteiger charge is 2.42. The molecule has 20 heavy (non-hydrogen) atoms. The molecule has 1 saturated carbocycles. The Morgan fingerprint density at radius 1 is 1.35 bits per heavy atom. The molecule has 1 atom stereocenters. The van der Waals surface area contributed by atoms with Crippen LogP contribution in [-0.4, -0.2) is 24.9 Å². The lowest BCUT2D eigenvalue weighted by Crippen LogP contribution is -2.32. The molecule has 0 radical (unpaired) electrons. The van der Waals surface area contributed by atoms with Gasteiger partial charge in [0.25, 0.3) is 0 Å². The van der Waals surface area contributed by atoms with Crippen LogP contribution in [0.5, 0.6) is 5.75 Å². The number of hydrogen-bond donors (Lipinski definition) is 2. The zero-order valence-electron chi connectivity index (χ0n) is 11.3. The van der Waals surface area contributed by atoms with Gasteiger partial charge >= 0.3 is 0 Å². The van der Waals surface area contributed by atoms with Crippen molar-refractivity contribution in [1.29, 1.82) is 0 Å². The Morgan fingerprint density at radius 2 is 2.15 bits per heavy atom. The molecule has 1 aliphatic heterocycles. The zero-order valence-corrected chi connectivity index (χ0v) is 12.8. The first kappa shape index (κ1) is 14.5. The summed E-state index contributed by atoms with van der Waals surface area (Å²) in [6.07, 6.45) is 4.20. The second-order valence-corrected chi connectivity index (χ2v) is 6.69. The van der Waals surface area contributed by atoms with E-state index >= 15 is 0 Å². The van der Waals surface area contributed by atoms with Crippen molar-refractivity contribution in [3.63, 3.8) is 0 Å². The predicted octanol–water partition coefficient (Wildman–Crippen LogP) is 3.57. The Morgan fingerprint density at radius 3 is 2.85 bits per heavy atom. The molecular formula is C15H19Cl2NO2. The maximum atomic E-state index is 9.13. The molecule has 1 aromatic rings. The average molecular weight is 316 g/mol. The van der Waals surface area contributed by atoms with Gasteiger partial charge in [-0.1, -0.05) is 23.2 Å². The number of fused-ring (bicyclic) bond motifs is 1. The van der Waals surface area contributed by atoms with Crippen LogP contribution in [0.3, 0.4) is 0 Å². The molecule has 1 aliphatic carbocycles. The van der Waals surface area contributed by atoms with Gasteiger partial charge in [0.05, 0.1) is 11.6 Å². The summed E-state index contributed by atoms with van der Waals surface area (Å²) in [4.78, 5) is 0. The molecule has 5 heteroatoms. The van der Waals surface area contributed by atoms with E-state index in [0.29, 0.717) is 22.1 Å². The summed E-state index contributed by atoms with van der Waals surface area (Å²) >= 11 is 12.3. The lowest BCUT2D eigenvalue weighted by Gasteiger charge is -2.29. The summed E-state index contributed by atoms with van der Waals surface area (Å²) in [5.74, 6) is 0.756. The highest BCUT2D eigenvalue weighted by Crippen LogP contribution is 2.49. The Balaban J connectivity index is 1.73. The van der Waals surface area contributed by atoms with Crippen LogP contribution in [0.1, 0.15) is 37.3 Å². The van der Waals surface area contributed by atoms with Crippen molar-refractivity contribution >= 4 is 23.2 Å². The van der Waals surface area contributed by atoms with Gasteiger partial charge in [0, 0.05) is 36.2 Å². The third-order valence-corrected chi connectivity index (χ3v) is 4.89. The normalized spacial score (nSPS) is 23.1. The van der Waals surface area contributed by atoms with Crippen LogP contribution in [0.15, 0.2) is 12.1 Å². The molecule has 2 aliphatic rings. The van der Waals surface area contributed by atoms with Gasteiger partial charge in [-0.2, -0.15) is 0 Å². The van der Waals surface area contributed by atoms with Crippen LogP contribution in [0.25, 0.3) is 0 Å². The van der Waals surface area contributed by atoms with E-state index in [0.717, 1.165) is 30.7 Å². The van der Waals surface area contributed by atoms with Crippen molar-refractivity contribution in [1.82, 2.24) is 5.32 Å². The lowest BCUT2D eigenvalue weighted by atomic mass is 9.98. The molecule has 3 nitrogen and oxygen atoms in total. The van der Waals surface area contributed by atoms with Crippen LogP contribution in [0.4, 0.5) is 0 Å². The van der Waals surface area contributed by atoms with Crippen LogP contribution < -0.4 is 10.1 Å². The number of ether oxygens (including phenoxy) is 1. The predicted molar refractivity (Wildman–Crippen MR) is 80.7 cm³/mol. The Bertz CT molecular complexity index is 503. The van der Waals surface area contributed by atoms with E-state index < -0.39 is 0 Å². The molecule has 0 saturated heterocycles. The largest absolute Gasteiger partial charge is 0.492 e. The van der Waals surface area contributed by atoms with Crippen molar-refractivity contribution in [3.05, 3.63) is 27.7 Å². The van der Waals surface area contributed by atoms with Gasteiger partial charge in [0.2, 0.25) is 0 Å². The van der Waals surface area contributed by atoms with E-state index in [9.17, 15) is 0 Å². The summed E-state index contributed by atoms with van der Waals surface area (Å²) in [6.45, 7) is 1.87. The number of benzene rings is 1. The summed E-state index contributed by atoms with van der Waals surface area (Å²) in [5, 5.41) is 14.0. The smallest absolute Gasteiger partial charge is 0.142 e. The molecule has 3 rings (SSSR count).